The highest BCUT2D eigenvalue weighted by atomic mass is 16.6. The zero-order valence-electron chi connectivity index (χ0n) is 15.1. The Hall–Kier alpha value is -2.25. The second-order valence-corrected chi connectivity index (χ2v) is 6.58. The number of aliphatic hydroxyl groups is 3. The van der Waals surface area contributed by atoms with E-state index in [1.54, 1.807) is 0 Å². The Labute approximate surface area is 156 Å². The summed E-state index contributed by atoms with van der Waals surface area (Å²) >= 11 is 0. The third-order valence-corrected chi connectivity index (χ3v) is 4.59. The molecule has 2 aromatic heterocycles. The summed E-state index contributed by atoms with van der Waals surface area (Å²) in [6.45, 7) is 1.70. The first-order chi connectivity index (χ1) is 13.1. The number of unbranched alkanes of at least 4 members (excludes halogenated alkanes) is 4. The van der Waals surface area contributed by atoms with Crippen molar-refractivity contribution in [3.63, 3.8) is 0 Å². The fourth-order valence-corrected chi connectivity index (χ4v) is 3.07. The number of imidazole rings is 1. The van der Waals surface area contributed by atoms with E-state index in [4.69, 9.17) is 4.74 Å². The van der Waals surface area contributed by atoms with Crippen LogP contribution >= 0.6 is 0 Å². The van der Waals surface area contributed by atoms with E-state index < -0.39 is 36.7 Å². The van der Waals surface area contributed by atoms with Crippen LogP contribution in [0.25, 0.3) is 11.2 Å². The van der Waals surface area contributed by atoms with E-state index >= 15 is 0 Å². The third-order valence-electron chi connectivity index (χ3n) is 4.59. The van der Waals surface area contributed by atoms with Crippen LogP contribution in [0.1, 0.15) is 51.1 Å². The highest BCUT2D eigenvalue weighted by Crippen LogP contribution is 2.30. The van der Waals surface area contributed by atoms with Gasteiger partial charge in [0.15, 0.2) is 23.2 Å². The Morgan fingerprint density at radius 3 is 2.81 bits per heavy atom. The summed E-state index contributed by atoms with van der Waals surface area (Å²) in [5.41, 5.74) is -0.161. The zero-order chi connectivity index (χ0) is 19.4. The third kappa shape index (κ3) is 4.04. The van der Waals surface area contributed by atoms with Crippen LogP contribution in [0, 0.1) is 11.8 Å². The summed E-state index contributed by atoms with van der Waals surface area (Å²) in [5.74, 6) is 6.06. The molecule has 0 amide bonds. The van der Waals surface area contributed by atoms with Crippen molar-refractivity contribution in [2.75, 3.05) is 6.61 Å². The number of nitrogens with zero attached hydrogens (tertiary/aromatic N) is 3. The number of aromatic nitrogens is 4. The number of nitrogens with one attached hydrogen (secondary N) is 1. The fourth-order valence-electron chi connectivity index (χ4n) is 3.07. The van der Waals surface area contributed by atoms with Gasteiger partial charge in [0.05, 0.1) is 12.9 Å². The highest BCUT2D eigenvalue weighted by Gasteiger charge is 2.44. The molecule has 0 saturated carbocycles. The van der Waals surface area contributed by atoms with Gasteiger partial charge in [0.2, 0.25) is 0 Å². The van der Waals surface area contributed by atoms with Gasteiger partial charge < -0.3 is 20.1 Å². The van der Waals surface area contributed by atoms with Gasteiger partial charge in [0.25, 0.3) is 5.56 Å². The molecule has 1 fully saturated rings. The lowest BCUT2D eigenvalue weighted by atomic mass is 10.1. The van der Waals surface area contributed by atoms with Crippen LogP contribution in [0.15, 0.2) is 11.1 Å². The van der Waals surface area contributed by atoms with Crippen molar-refractivity contribution in [2.45, 2.75) is 63.6 Å². The van der Waals surface area contributed by atoms with Crippen molar-refractivity contribution in [2.24, 2.45) is 0 Å². The predicted octanol–water partition coefficient (Wildman–Crippen LogP) is 0.0530. The normalized spacial score (nSPS) is 24.9. The highest BCUT2D eigenvalue weighted by molar-refractivity contribution is 5.69. The average Bonchev–Trinajstić information content (AvgIpc) is 3.20. The Morgan fingerprint density at radius 2 is 2.11 bits per heavy atom. The molecule has 1 saturated heterocycles. The molecule has 4 unspecified atom stereocenters. The second-order valence-electron chi connectivity index (χ2n) is 6.58. The van der Waals surface area contributed by atoms with Gasteiger partial charge in [-0.3, -0.25) is 14.3 Å². The molecule has 9 heteroatoms. The first-order valence-electron chi connectivity index (χ1n) is 9.15. The van der Waals surface area contributed by atoms with Crippen LogP contribution in [0.4, 0.5) is 0 Å². The van der Waals surface area contributed by atoms with Crippen molar-refractivity contribution in [3.05, 3.63) is 22.5 Å². The van der Waals surface area contributed by atoms with Crippen LogP contribution in [-0.2, 0) is 4.74 Å². The second kappa shape index (κ2) is 8.63. The maximum atomic E-state index is 12.2. The molecule has 3 heterocycles. The van der Waals surface area contributed by atoms with Crippen molar-refractivity contribution in [1.29, 1.82) is 0 Å². The van der Waals surface area contributed by atoms with Crippen molar-refractivity contribution in [3.8, 4) is 11.8 Å². The van der Waals surface area contributed by atoms with E-state index in [2.05, 4.69) is 33.7 Å². The SMILES string of the molecule is CCCCCCC#Cc1nc2c(ncn2C2OC(CO)C(O)C2O)c(=O)[nH]1. The number of ether oxygens (including phenoxy) is 1. The molecule has 0 bridgehead atoms. The zero-order valence-corrected chi connectivity index (χ0v) is 15.1. The summed E-state index contributed by atoms with van der Waals surface area (Å²) in [7, 11) is 0. The summed E-state index contributed by atoms with van der Waals surface area (Å²) in [6, 6.07) is 0. The minimum Gasteiger partial charge on any atom is -0.394 e. The number of fused-ring (bicyclic) bond motifs is 1. The number of hydrogen-bond acceptors (Lipinski definition) is 7. The molecule has 1 aliphatic rings. The smallest absolute Gasteiger partial charge is 0.279 e. The molecule has 9 nitrogen and oxygen atoms in total. The molecule has 0 aliphatic carbocycles. The van der Waals surface area contributed by atoms with Crippen molar-refractivity contribution < 1.29 is 20.1 Å². The van der Waals surface area contributed by atoms with E-state index in [0.717, 1.165) is 25.7 Å². The Morgan fingerprint density at radius 1 is 1.30 bits per heavy atom. The number of hydrogen-bond donors (Lipinski definition) is 4. The van der Waals surface area contributed by atoms with E-state index in [1.165, 1.54) is 17.3 Å². The van der Waals surface area contributed by atoms with Crippen LogP contribution in [-0.4, -0.2) is 59.8 Å². The number of H-pyrrole nitrogens is 1. The van der Waals surface area contributed by atoms with E-state index in [1.807, 2.05) is 0 Å². The molecule has 1 aliphatic heterocycles. The van der Waals surface area contributed by atoms with Crippen LogP contribution in [0.3, 0.4) is 0 Å². The molecule has 0 radical (unpaired) electrons. The Kier molecular flexibility index (Phi) is 6.23. The average molecular weight is 376 g/mol. The van der Waals surface area contributed by atoms with Gasteiger partial charge in [-0.15, -0.1) is 0 Å². The lowest BCUT2D eigenvalue weighted by Gasteiger charge is -2.16. The molecule has 4 N–H and O–H groups in total. The Bertz CT molecular complexity index is 897. The molecular weight excluding hydrogens is 352 g/mol. The summed E-state index contributed by atoms with van der Waals surface area (Å²) in [4.78, 5) is 23.2. The molecule has 2 aromatic rings. The fraction of sp³-hybridized carbons (Fsp3) is 0.611. The van der Waals surface area contributed by atoms with Crippen LogP contribution < -0.4 is 5.56 Å². The van der Waals surface area contributed by atoms with Gasteiger partial charge in [-0.2, -0.15) is 0 Å². The summed E-state index contributed by atoms with van der Waals surface area (Å²) in [6.07, 6.45) is 2.01. The molecule has 146 valence electrons. The predicted molar refractivity (Wildman–Crippen MR) is 96.8 cm³/mol. The minimum absolute atomic E-state index is 0.0845. The molecular formula is C18H24N4O5. The number of aliphatic hydroxyl groups excluding tert-OH is 3. The van der Waals surface area contributed by atoms with Gasteiger partial charge in [0, 0.05) is 6.42 Å². The monoisotopic (exact) mass is 376 g/mol. The van der Waals surface area contributed by atoms with Gasteiger partial charge >= 0.3 is 0 Å². The van der Waals surface area contributed by atoms with E-state index in [-0.39, 0.29) is 17.0 Å². The number of rotatable bonds is 6. The van der Waals surface area contributed by atoms with Gasteiger partial charge in [-0.1, -0.05) is 32.1 Å². The first kappa shape index (κ1) is 19.5. The largest absolute Gasteiger partial charge is 0.394 e. The molecule has 0 spiro atoms. The standard InChI is InChI=1S/C18H24N4O5/c1-2-3-4-5-6-7-8-12-20-16-13(17(26)21-12)19-10-22(16)18-15(25)14(24)11(9-23)27-18/h10-11,14-15,18,23-25H,2-6,9H2,1H3,(H,20,21,26). The molecule has 4 atom stereocenters. The Balaban J connectivity index is 1.85. The minimum atomic E-state index is -1.28. The van der Waals surface area contributed by atoms with Gasteiger partial charge in [-0.05, 0) is 12.3 Å². The maximum Gasteiger partial charge on any atom is 0.279 e. The lowest BCUT2D eigenvalue weighted by molar-refractivity contribution is -0.0511. The summed E-state index contributed by atoms with van der Waals surface area (Å²) < 4.78 is 6.86. The number of aromatic amines is 1. The van der Waals surface area contributed by atoms with E-state index in [0.29, 0.717) is 0 Å². The van der Waals surface area contributed by atoms with Crippen LogP contribution in [0.2, 0.25) is 0 Å². The summed E-state index contributed by atoms with van der Waals surface area (Å²) in [5, 5.41) is 29.4. The maximum absolute atomic E-state index is 12.2. The van der Waals surface area contributed by atoms with E-state index in [9.17, 15) is 20.1 Å². The molecule has 27 heavy (non-hydrogen) atoms. The van der Waals surface area contributed by atoms with Crippen LogP contribution in [0.5, 0.6) is 0 Å². The van der Waals surface area contributed by atoms with Crippen molar-refractivity contribution >= 4 is 11.2 Å². The van der Waals surface area contributed by atoms with Crippen molar-refractivity contribution in [1.82, 2.24) is 19.5 Å². The topological polar surface area (TPSA) is 133 Å². The first-order valence-corrected chi connectivity index (χ1v) is 9.15. The van der Waals surface area contributed by atoms with Gasteiger partial charge in [-0.25, -0.2) is 9.97 Å². The van der Waals surface area contributed by atoms with Gasteiger partial charge in [0.1, 0.15) is 18.3 Å². The molecule has 0 aromatic carbocycles. The lowest BCUT2D eigenvalue weighted by Crippen LogP contribution is -2.33. The quantitative estimate of drug-likeness (QED) is 0.413. The molecule has 3 rings (SSSR count).